The van der Waals surface area contributed by atoms with Crippen molar-refractivity contribution in [1.29, 1.82) is 0 Å². The van der Waals surface area contributed by atoms with Gasteiger partial charge in [-0.1, -0.05) is 45.0 Å². The molecule has 1 saturated heterocycles. The molecule has 1 aromatic carbocycles. The molecule has 1 spiro atoms. The zero-order valence-electron chi connectivity index (χ0n) is 15.4. The minimum Gasteiger partial charge on any atom is -0.465 e. The highest BCUT2D eigenvalue weighted by Gasteiger charge is 2.40. The Bertz CT molecular complexity index is 589. The largest absolute Gasteiger partial charge is 0.465 e. The Morgan fingerprint density at radius 1 is 1.16 bits per heavy atom. The normalized spacial score (nSPS) is 22.0. The van der Waals surface area contributed by atoms with Crippen LogP contribution in [0.25, 0.3) is 0 Å². The van der Waals surface area contributed by atoms with Crippen molar-refractivity contribution < 1.29 is 19.4 Å². The van der Waals surface area contributed by atoms with Gasteiger partial charge in [0.25, 0.3) is 0 Å². The van der Waals surface area contributed by atoms with E-state index in [4.69, 9.17) is 14.6 Å². The van der Waals surface area contributed by atoms with Crippen molar-refractivity contribution in [3.8, 4) is 0 Å². The number of hydrogen-bond donors (Lipinski definition) is 2. The molecule has 0 bridgehead atoms. The second kappa shape index (κ2) is 6.96. The van der Waals surface area contributed by atoms with Gasteiger partial charge in [-0.3, -0.25) is 0 Å². The molecule has 1 atom stereocenters. The number of hydrogen-bond acceptors (Lipinski definition) is 3. The van der Waals surface area contributed by atoms with Crippen molar-refractivity contribution in [2.75, 3.05) is 13.2 Å². The molecule has 2 N–H and O–H groups in total. The molecule has 1 saturated carbocycles. The molecule has 5 nitrogen and oxygen atoms in total. The second-order valence-electron chi connectivity index (χ2n) is 8.30. The highest BCUT2D eigenvalue weighted by molar-refractivity contribution is 5.65. The van der Waals surface area contributed by atoms with Crippen molar-refractivity contribution in [1.82, 2.24) is 5.32 Å². The van der Waals surface area contributed by atoms with Crippen molar-refractivity contribution in [2.24, 2.45) is 5.41 Å². The van der Waals surface area contributed by atoms with E-state index in [2.05, 4.69) is 29.6 Å². The number of benzene rings is 1. The van der Waals surface area contributed by atoms with Crippen LogP contribution in [0.15, 0.2) is 24.3 Å². The number of ether oxygens (including phenoxy) is 2. The van der Waals surface area contributed by atoms with Gasteiger partial charge in [-0.25, -0.2) is 4.79 Å². The van der Waals surface area contributed by atoms with Gasteiger partial charge < -0.3 is 19.9 Å². The van der Waals surface area contributed by atoms with Crippen LogP contribution in [-0.2, 0) is 9.47 Å². The summed E-state index contributed by atoms with van der Waals surface area (Å²) in [7, 11) is 0. The van der Waals surface area contributed by atoms with Crippen LogP contribution in [0.3, 0.4) is 0 Å². The fraction of sp³-hybridized carbons (Fsp3) is 0.650. The van der Waals surface area contributed by atoms with E-state index in [0.29, 0.717) is 19.1 Å². The number of carbonyl (C=O) groups is 1. The zero-order valence-corrected chi connectivity index (χ0v) is 15.4. The van der Waals surface area contributed by atoms with E-state index in [1.165, 1.54) is 5.56 Å². The maximum absolute atomic E-state index is 11.1. The third-order valence-electron chi connectivity index (χ3n) is 5.44. The highest BCUT2D eigenvalue weighted by atomic mass is 16.7. The van der Waals surface area contributed by atoms with E-state index in [9.17, 15) is 4.79 Å². The number of amides is 1. The first kappa shape index (κ1) is 18.2. The van der Waals surface area contributed by atoms with Crippen LogP contribution < -0.4 is 5.32 Å². The Labute approximate surface area is 149 Å². The summed E-state index contributed by atoms with van der Waals surface area (Å²) >= 11 is 0. The van der Waals surface area contributed by atoms with Crippen molar-refractivity contribution in [3.63, 3.8) is 0 Å². The Kier molecular flexibility index (Phi) is 5.07. The Hall–Kier alpha value is -1.59. The first-order valence-corrected chi connectivity index (χ1v) is 9.16. The topological polar surface area (TPSA) is 67.8 Å². The lowest BCUT2D eigenvalue weighted by Crippen LogP contribution is -2.35. The van der Waals surface area contributed by atoms with Crippen molar-refractivity contribution in [2.45, 2.75) is 64.2 Å². The molecule has 25 heavy (non-hydrogen) atoms. The van der Waals surface area contributed by atoms with Crippen LogP contribution in [0.2, 0.25) is 0 Å². The highest BCUT2D eigenvalue weighted by Crippen LogP contribution is 2.42. The van der Waals surface area contributed by atoms with Gasteiger partial charge in [0, 0.05) is 12.8 Å². The number of nitrogens with one attached hydrogen (secondary N) is 1. The summed E-state index contributed by atoms with van der Waals surface area (Å²) in [5.41, 5.74) is 2.14. The quantitative estimate of drug-likeness (QED) is 0.848. The minimum atomic E-state index is -0.988. The smallest absolute Gasteiger partial charge is 0.405 e. The molecule has 2 fully saturated rings. The zero-order chi connectivity index (χ0) is 18.1. The van der Waals surface area contributed by atoms with Crippen LogP contribution in [0.5, 0.6) is 0 Å². The van der Waals surface area contributed by atoms with E-state index in [0.717, 1.165) is 31.2 Å². The summed E-state index contributed by atoms with van der Waals surface area (Å²) in [6.45, 7) is 7.56. The van der Waals surface area contributed by atoms with Gasteiger partial charge in [0.05, 0.1) is 19.3 Å². The molecule has 0 aromatic heterocycles. The van der Waals surface area contributed by atoms with Crippen LogP contribution in [0.4, 0.5) is 4.79 Å². The first-order chi connectivity index (χ1) is 11.8. The predicted molar refractivity (Wildman–Crippen MR) is 95.6 cm³/mol. The van der Waals surface area contributed by atoms with Crippen LogP contribution in [0, 0.1) is 5.41 Å². The van der Waals surface area contributed by atoms with E-state index in [1.807, 2.05) is 20.8 Å². The summed E-state index contributed by atoms with van der Waals surface area (Å²) in [6, 6.07) is 8.20. The second-order valence-corrected chi connectivity index (χ2v) is 8.30. The average Bonchev–Trinajstić information content (AvgIpc) is 3.01. The lowest BCUT2D eigenvalue weighted by molar-refractivity contribution is -0.178. The van der Waals surface area contributed by atoms with Crippen LogP contribution >= 0.6 is 0 Å². The van der Waals surface area contributed by atoms with Gasteiger partial charge in [-0.2, -0.15) is 0 Å². The van der Waals surface area contributed by atoms with Gasteiger partial charge in [0.2, 0.25) is 0 Å². The Balaban J connectivity index is 1.68. The summed E-state index contributed by atoms with van der Waals surface area (Å²) in [5.74, 6) is 0.201. The summed E-state index contributed by atoms with van der Waals surface area (Å²) < 4.78 is 11.6. The van der Waals surface area contributed by atoms with E-state index in [1.54, 1.807) is 0 Å². The van der Waals surface area contributed by atoms with Gasteiger partial charge in [-0.05, 0) is 35.3 Å². The molecular formula is C20H29NO4. The Morgan fingerprint density at radius 3 is 2.20 bits per heavy atom. The molecule has 1 aliphatic carbocycles. The minimum absolute atomic E-state index is 0.186. The number of carboxylic acid groups (broad SMARTS) is 1. The van der Waals surface area contributed by atoms with Crippen molar-refractivity contribution >= 4 is 6.09 Å². The molecule has 138 valence electrons. The third kappa shape index (κ3) is 4.15. The molecule has 2 aliphatic rings. The van der Waals surface area contributed by atoms with Gasteiger partial charge in [-0.15, -0.1) is 0 Å². The van der Waals surface area contributed by atoms with Crippen LogP contribution in [0.1, 0.15) is 69.5 Å². The lowest BCUT2D eigenvalue weighted by atomic mass is 9.79. The molecule has 1 aliphatic heterocycles. The average molecular weight is 347 g/mol. The summed E-state index contributed by atoms with van der Waals surface area (Å²) in [4.78, 5) is 11.1. The Morgan fingerprint density at radius 2 is 1.72 bits per heavy atom. The predicted octanol–water partition coefficient (Wildman–Crippen LogP) is 4.44. The molecule has 3 rings (SSSR count). The fourth-order valence-corrected chi connectivity index (χ4v) is 4.06. The van der Waals surface area contributed by atoms with E-state index in [-0.39, 0.29) is 17.2 Å². The standard InChI is InChI=1S/C20H29NO4/c1-19(2,3)17(21-18(22)23)16-6-4-14(5-7-16)15-8-10-20(11-9-15)24-12-13-25-20/h4-7,15,17,21H,8-13H2,1-3H3,(H,22,23). The molecule has 5 heteroatoms. The van der Waals surface area contributed by atoms with Gasteiger partial charge in [0.15, 0.2) is 5.79 Å². The molecule has 1 amide bonds. The molecule has 1 heterocycles. The first-order valence-electron chi connectivity index (χ1n) is 9.16. The van der Waals surface area contributed by atoms with E-state index >= 15 is 0 Å². The molecule has 1 unspecified atom stereocenters. The molecule has 1 aromatic rings. The van der Waals surface area contributed by atoms with Gasteiger partial charge in [0.1, 0.15) is 0 Å². The SMILES string of the molecule is CC(C)(C)C(NC(=O)O)c1ccc(C2CCC3(CC2)OCCO3)cc1. The maximum Gasteiger partial charge on any atom is 0.405 e. The van der Waals surface area contributed by atoms with E-state index < -0.39 is 6.09 Å². The molecule has 0 radical (unpaired) electrons. The lowest BCUT2D eigenvalue weighted by Gasteiger charge is -2.36. The summed E-state index contributed by atoms with van der Waals surface area (Å²) in [5, 5.41) is 11.8. The maximum atomic E-state index is 11.1. The summed E-state index contributed by atoms with van der Waals surface area (Å²) in [6.07, 6.45) is 3.04. The van der Waals surface area contributed by atoms with Gasteiger partial charge >= 0.3 is 6.09 Å². The monoisotopic (exact) mass is 347 g/mol. The fourth-order valence-electron chi connectivity index (χ4n) is 4.06. The molecular weight excluding hydrogens is 318 g/mol. The third-order valence-corrected chi connectivity index (χ3v) is 5.44. The van der Waals surface area contributed by atoms with Crippen LogP contribution in [-0.4, -0.2) is 30.2 Å². The number of rotatable bonds is 3. The van der Waals surface area contributed by atoms with Crippen molar-refractivity contribution in [3.05, 3.63) is 35.4 Å².